The first-order chi connectivity index (χ1) is 5.63. The number of rotatable bonds is 3. The third kappa shape index (κ3) is 32.5. The van der Waals surface area contributed by atoms with Gasteiger partial charge in [-0.05, 0) is 18.9 Å². The maximum absolute atomic E-state index is 4.50. The highest BCUT2D eigenvalue weighted by Crippen LogP contribution is 2.09. The summed E-state index contributed by atoms with van der Waals surface area (Å²) in [6, 6.07) is 0. The fourth-order valence-electron chi connectivity index (χ4n) is 0.667. The molecule has 0 unspecified atom stereocenters. The molecule has 0 radical (unpaired) electrons. The van der Waals surface area contributed by atoms with Crippen molar-refractivity contribution >= 4 is 0 Å². The Kier molecular flexibility index (Phi) is 25.6. The molecule has 1 nitrogen and oxygen atoms in total. The number of hydrogen-bond acceptors (Lipinski definition) is 1. The molecule has 0 heterocycles. The fraction of sp³-hybridized carbons (Fsp3) is 1.00. The molecule has 0 saturated heterocycles. The monoisotopic (exact) mass is 175 g/mol. The molecule has 78 valence electrons. The molecule has 0 aromatic heterocycles. The molecular formula is C11H29N. The Morgan fingerprint density at radius 3 is 1.00 bits per heavy atom. The Morgan fingerprint density at radius 1 is 0.750 bits per heavy atom. The molecule has 0 fully saturated rings. The molecule has 2 N–H and O–H groups in total. The molecule has 1 heteroatoms. The van der Waals surface area contributed by atoms with Gasteiger partial charge in [0.2, 0.25) is 0 Å². The van der Waals surface area contributed by atoms with E-state index in [0.29, 0.717) is 0 Å². The van der Waals surface area contributed by atoms with Crippen LogP contribution in [0.3, 0.4) is 0 Å². The van der Waals surface area contributed by atoms with Gasteiger partial charge in [0.25, 0.3) is 0 Å². The van der Waals surface area contributed by atoms with Crippen molar-refractivity contribution in [3.63, 3.8) is 0 Å². The van der Waals surface area contributed by atoms with Crippen LogP contribution in [0, 0.1) is 11.8 Å². The molecule has 0 aliphatic rings. The summed E-state index contributed by atoms with van der Waals surface area (Å²) in [4.78, 5) is 0. The molecule has 0 bridgehead atoms. The van der Waals surface area contributed by atoms with Crippen molar-refractivity contribution in [3.8, 4) is 0 Å². The third-order valence-electron chi connectivity index (χ3n) is 1.32. The summed E-state index contributed by atoms with van der Waals surface area (Å²) in [5, 5.41) is 0. The zero-order valence-corrected chi connectivity index (χ0v) is 10.1. The number of hydrogen-bond donors (Lipinski definition) is 1. The Bertz CT molecular complexity index is 41.0. The van der Waals surface area contributed by atoms with Crippen LogP contribution in [0.1, 0.15) is 54.4 Å². The lowest BCUT2D eigenvalue weighted by Crippen LogP contribution is -1.91. The van der Waals surface area contributed by atoms with Gasteiger partial charge in [-0.1, -0.05) is 54.4 Å². The van der Waals surface area contributed by atoms with E-state index in [1.807, 2.05) is 13.8 Å². The molecule has 0 saturated carbocycles. The van der Waals surface area contributed by atoms with E-state index in [9.17, 15) is 0 Å². The van der Waals surface area contributed by atoms with Crippen LogP contribution in [0.4, 0.5) is 0 Å². The molecule has 0 spiro atoms. The van der Waals surface area contributed by atoms with E-state index in [1.165, 1.54) is 19.9 Å². The van der Waals surface area contributed by atoms with E-state index in [4.69, 9.17) is 0 Å². The molecule has 0 atom stereocenters. The normalized spacial score (nSPS) is 8.50. The predicted molar refractivity (Wildman–Crippen MR) is 60.4 cm³/mol. The van der Waals surface area contributed by atoms with Gasteiger partial charge in [0.1, 0.15) is 0 Å². The van der Waals surface area contributed by atoms with E-state index in [0.717, 1.165) is 11.8 Å². The first-order valence-corrected chi connectivity index (χ1v) is 5.20. The van der Waals surface area contributed by atoms with E-state index >= 15 is 0 Å². The predicted octanol–water partition coefficient (Wildman–Crippen LogP) is 3.68. The van der Waals surface area contributed by atoms with Crippen LogP contribution in [0.5, 0.6) is 0 Å². The molecule has 0 aromatic rings. The average Bonchev–Trinajstić information content (AvgIpc) is 2.08. The van der Waals surface area contributed by atoms with Gasteiger partial charge in [-0.15, -0.1) is 0 Å². The van der Waals surface area contributed by atoms with Crippen LogP contribution >= 0.6 is 0 Å². The standard InChI is InChI=1S/C8H18.C2H6.CH5N/c1-7(2)5-6-8(3)4;2*1-2/h7-8H,5-6H2,1-4H3;1-2H3;2H2,1H3. The zero-order valence-electron chi connectivity index (χ0n) is 10.1. The lowest BCUT2D eigenvalue weighted by Gasteiger charge is -2.05. The smallest absolute Gasteiger partial charge is 0.0195 e. The van der Waals surface area contributed by atoms with Gasteiger partial charge >= 0.3 is 0 Å². The van der Waals surface area contributed by atoms with E-state index in [-0.39, 0.29) is 0 Å². The van der Waals surface area contributed by atoms with Crippen LogP contribution in [0.15, 0.2) is 0 Å². The van der Waals surface area contributed by atoms with Crippen molar-refractivity contribution in [1.29, 1.82) is 0 Å². The second-order valence-electron chi connectivity index (χ2n) is 3.37. The minimum Gasteiger partial charge on any atom is -0.333 e. The van der Waals surface area contributed by atoms with Gasteiger partial charge in [0.05, 0.1) is 0 Å². The van der Waals surface area contributed by atoms with Crippen molar-refractivity contribution < 1.29 is 0 Å². The summed E-state index contributed by atoms with van der Waals surface area (Å²) in [6.07, 6.45) is 2.77. The summed E-state index contributed by atoms with van der Waals surface area (Å²) in [5.41, 5.74) is 4.50. The first-order valence-electron chi connectivity index (χ1n) is 5.20. The summed E-state index contributed by atoms with van der Waals surface area (Å²) in [7, 11) is 1.50. The Morgan fingerprint density at radius 2 is 0.917 bits per heavy atom. The second-order valence-corrected chi connectivity index (χ2v) is 3.37. The molecule has 0 aromatic carbocycles. The van der Waals surface area contributed by atoms with Gasteiger partial charge < -0.3 is 5.73 Å². The second kappa shape index (κ2) is 17.2. The summed E-state index contributed by atoms with van der Waals surface area (Å²) >= 11 is 0. The largest absolute Gasteiger partial charge is 0.333 e. The van der Waals surface area contributed by atoms with Crippen LogP contribution in [0.2, 0.25) is 0 Å². The van der Waals surface area contributed by atoms with Crippen molar-refractivity contribution in [3.05, 3.63) is 0 Å². The van der Waals surface area contributed by atoms with E-state index < -0.39 is 0 Å². The Hall–Kier alpha value is -0.0400. The minimum atomic E-state index is 0.886. The van der Waals surface area contributed by atoms with Crippen LogP contribution < -0.4 is 5.73 Å². The molecular weight excluding hydrogens is 146 g/mol. The fourth-order valence-corrected chi connectivity index (χ4v) is 0.667. The SMILES string of the molecule is CC.CC(C)CCC(C)C.CN. The third-order valence-corrected chi connectivity index (χ3v) is 1.32. The zero-order chi connectivity index (χ0) is 10.6. The molecule has 12 heavy (non-hydrogen) atoms. The minimum absolute atomic E-state index is 0.886. The topological polar surface area (TPSA) is 26.0 Å². The van der Waals surface area contributed by atoms with Gasteiger partial charge in [-0.2, -0.15) is 0 Å². The van der Waals surface area contributed by atoms with Gasteiger partial charge in [-0.25, -0.2) is 0 Å². The van der Waals surface area contributed by atoms with Crippen LogP contribution in [-0.4, -0.2) is 7.05 Å². The lowest BCUT2D eigenvalue weighted by molar-refractivity contribution is 0.476. The highest BCUT2D eigenvalue weighted by atomic mass is 14.4. The summed E-state index contributed by atoms with van der Waals surface area (Å²) in [6.45, 7) is 13.1. The maximum Gasteiger partial charge on any atom is -0.0195 e. The summed E-state index contributed by atoms with van der Waals surface area (Å²) < 4.78 is 0. The van der Waals surface area contributed by atoms with Crippen molar-refractivity contribution in [2.24, 2.45) is 17.6 Å². The lowest BCUT2D eigenvalue weighted by atomic mass is 10.0. The van der Waals surface area contributed by atoms with Crippen molar-refractivity contribution in [2.45, 2.75) is 54.4 Å². The van der Waals surface area contributed by atoms with Crippen molar-refractivity contribution in [2.75, 3.05) is 7.05 Å². The molecule has 0 aliphatic carbocycles. The molecule has 0 rings (SSSR count). The highest BCUT2D eigenvalue weighted by Gasteiger charge is 1.95. The average molecular weight is 175 g/mol. The van der Waals surface area contributed by atoms with E-state index in [2.05, 4.69) is 33.4 Å². The van der Waals surface area contributed by atoms with Gasteiger partial charge in [0, 0.05) is 0 Å². The first kappa shape index (κ1) is 17.9. The maximum atomic E-state index is 4.50. The van der Waals surface area contributed by atoms with Gasteiger partial charge in [0.15, 0.2) is 0 Å². The van der Waals surface area contributed by atoms with Crippen molar-refractivity contribution in [1.82, 2.24) is 0 Å². The molecule has 0 aliphatic heterocycles. The summed E-state index contributed by atoms with van der Waals surface area (Å²) in [5.74, 6) is 1.77. The van der Waals surface area contributed by atoms with Gasteiger partial charge in [-0.3, -0.25) is 0 Å². The van der Waals surface area contributed by atoms with E-state index in [1.54, 1.807) is 0 Å². The quantitative estimate of drug-likeness (QED) is 0.695. The highest BCUT2D eigenvalue weighted by molar-refractivity contribution is 4.48. The number of nitrogens with two attached hydrogens (primary N) is 1. The Labute approximate surface area is 79.7 Å². The Balaban J connectivity index is -0.000000175. The van der Waals surface area contributed by atoms with Crippen LogP contribution in [-0.2, 0) is 0 Å². The molecule has 0 amide bonds. The van der Waals surface area contributed by atoms with Crippen LogP contribution in [0.25, 0.3) is 0 Å².